The second-order valence-corrected chi connectivity index (χ2v) is 13.2. The predicted molar refractivity (Wildman–Crippen MR) is 124 cm³/mol. The molecule has 0 N–H and O–H groups in total. The number of benzene rings is 1. The van der Waals surface area contributed by atoms with Gasteiger partial charge >= 0.3 is 0 Å². The molecule has 27 heavy (non-hydrogen) atoms. The molecule has 0 aliphatic carbocycles. The van der Waals surface area contributed by atoms with E-state index in [2.05, 4.69) is 77.4 Å². The van der Waals surface area contributed by atoms with Crippen LogP contribution in [0.15, 0.2) is 42.2 Å². The van der Waals surface area contributed by atoms with Gasteiger partial charge in [0.1, 0.15) is 6.10 Å². The molecule has 6 heteroatoms. The Morgan fingerprint density at radius 2 is 1.74 bits per heavy atom. The van der Waals surface area contributed by atoms with E-state index in [1.807, 2.05) is 6.07 Å². The van der Waals surface area contributed by atoms with Crippen LogP contribution in [0.4, 0.5) is 0 Å². The third-order valence-electron chi connectivity index (χ3n) is 4.87. The van der Waals surface area contributed by atoms with Gasteiger partial charge in [0, 0.05) is 12.8 Å². The minimum atomic E-state index is 0.172. The van der Waals surface area contributed by atoms with Gasteiger partial charge in [-0.2, -0.15) is 0 Å². The van der Waals surface area contributed by atoms with Gasteiger partial charge in [0.05, 0.1) is 27.6 Å². The van der Waals surface area contributed by atoms with Crippen molar-refractivity contribution >= 4 is 47.0 Å². The number of rotatable bonds is 6. The Morgan fingerprint density at radius 1 is 1.00 bits per heavy atom. The smallest absolute Gasteiger partial charge is 0.124 e. The second kappa shape index (κ2) is 10.2. The van der Waals surface area contributed by atoms with Crippen molar-refractivity contribution in [1.82, 2.24) is 0 Å². The largest absolute Gasteiger partial charge is 0.492 e. The van der Waals surface area contributed by atoms with Crippen molar-refractivity contribution < 1.29 is 9.47 Å². The summed E-state index contributed by atoms with van der Waals surface area (Å²) in [5, 5.41) is 0. The minimum absolute atomic E-state index is 0.172. The lowest BCUT2D eigenvalue weighted by molar-refractivity contribution is -0.00397. The average Bonchev–Trinajstić information content (AvgIpc) is 2.70. The van der Waals surface area contributed by atoms with E-state index in [1.165, 1.54) is 47.2 Å². The lowest BCUT2D eigenvalue weighted by atomic mass is 10.1. The van der Waals surface area contributed by atoms with Gasteiger partial charge in [0.2, 0.25) is 0 Å². The highest BCUT2D eigenvalue weighted by Gasteiger charge is 2.40. The van der Waals surface area contributed by atoms with Crippen molar-refractivity contribution in [3.05, 3.63) is 47.7 Å². The SMILES string of the molecule is C1=C(CC2SCCCS2)O[C@@H](COCc2ccccc2)CC12SCCCS2. The monoisotopic (exact) mass is 440 g/mol. The molecule has 1 aromatic carbocycles. The zero-order chi connectivity index (χ0) is 18.4. The summed E-state index contributed by atoms with van der Waals surface area (Å²) in [6.45, 7) is 1.35. The summed E-state index contributed by atoms with van der Waals surface area (Å²) in [7, 11) is 0. The Labute approximate surface area is 180 Å². The fourth-order valence-electron chi connectivity index (χ4n) is 3.60. The van der Waals surface area contributed by atoms with E-state index in [4.69, 9.17) is 9.47 Å². The highest BCUT2D eigenvalue weighted by molar-refractivity contribution is 8.19. The van der Waals surface area contributed by atoms with Crippen LogP contribution in [0.5, 0.6) is 0 Å². The number of thioether (sulfide) groups is 4. The molecule has 0 radical (unpaired) electrons. The zero-order valence-corrected chi connectivity index (χ0v) is 18.9. The number of hydrogen-bond acceptors (Lipinski definition) is 6. The predicted octanol–water partition coefficient (Wildman–Crippen LogP) is 6.03. The molecule has 2 saturated heterocycles. The van der Waals surface area contributed by atoms with Gasteiger partial charge in [0.15, 0.2) is 0 Å². The fraction of sp³-hybridized carbons (Fsp3) is 0.619. The van der Waals surface area contributed by atoms with Crippen molar-refractivity contribution in [1.29, 1.82) is 0 Å². The van der Waals surface area contributed by atoms with Crippen LogP contribution in [-0.2, 0) is 16.1 Å². The molecular formula is C21H28O2S4. The molecule has 0 aromatic heterocycles. The van der Waals surface area contributed by atoms with Gasteiger partial charge in [-0.1, -0.05) is 30.3 Å². The summed E-state index contributed by atoms with van der Waals surface area (Å²) < 4.78 is 13.3. The van der Waals surface area contributed by atoms with Crippen LogP contribution in [0, 0.1) is 0 Å². The Balaban J connectivity index is 1.37. The van der Waals surface area contributed by atoms with E-state index in [9.17, 15) is 0 Å². The van der Waals surface area contributed by atoms with E-state index in [1.54, 1.807) is 0 Å². The standard InChI is InChI=1S/C21H28O2S4/c1-2-6-17(7-3-1)15-22-16-19-14-21(26-10-5-11-27-21)13-18(23-19)12-20-24-8-4-9-25-20/h1-3,6-7,13,19-20H,4-5,8-12,14-16H2/t19-/m1/s1. The molecule has 148 valence electrons. The van der Waals surface area contributed by atoms with Crippen LogP contribution in [0.1, 0.15) is 31.2 Å². The average molecular weight is 441 g/mol. The van der Waals surface area contributed by atoms with Crippen LogP contribution in [0.3, 0.4) is 0 Å². The van der Waals surface area contributed by atoms with Gasteiger partial charge < -0.3 is 9.47 Å². The van der Waals surface area contributed by atoms with Crippen LogP contribution in [-0.4, -0.2) is 44.4 Å². The third kappa shape index (κ3) is 6.05. The molecule has 3 aliphatic rings. The molecule has 0 bridgehead atoms. The second-order valence-electron chi connectivity index (χ2n) is 7.15. The highest BCUT2D eigenvalue weighted by Crippen LogP contribution is 2.50. The molecule has 0 amide bonds. The van der Waals surface area contributed by atoms with Crippen LogP contribution in [0.2, 0.25) is 0 Å². The van der Waals surface area contributed by atoms with Crippen LogP contribution < -0.4 is 0 Å². The van der Waals surface area contributed by atoms with E-state index >= 15 is 0 Å². The third-order valence-corrected chi connectivity index (χ3v) is 11.1. The summed E-state index contributed by atoms with van der Waals surface area (Å²) in [6.07, 6.45) is 7.43. The Bertz CT molecular complexity index is 610. The van der Waals surface area contributed by atoms with E-state index in [0.29, 0.717) is 17.8 Å². The van der Waals surface area contributed by atoms with Gasteiger partial charge in [-0.25, -0.2) is 0 Å². The van der Waals surface area contributed by atoms with E-state index in [0.717, 1.165) is 12.8 Å². The van der Waals surface area contributed by atoms with E-state index < -0.39 is 0 Å². The molecule has 1 spiro atoms. The molecular weight excluding hydrogens is 412 g/mol. The molecule has 2 fully saturated rings. The Morgan fingerprint density at radius 3 is 2.52 bits per heavy atom. The number of allylic oxidation sites excluding steroid dienone is 1. The van der Waals surface area contributed by atoms with Crippen molar-refractivity contribution in [2.75, 3.05) is 29.6 Å². The van der Waals surface area contributed by atoms with E-state index in [-0.39, 0.29) is 10.2 Å². The summed E-state index contributed by atoms with van der Waals surface area (Å²) in [4.78, 5) is 0. The molecule has 0 unspecified atom stereocenters. The Kier molecular flexibility index (Phi) is 7.73. The highest BCUT2D eigenvalue weighted by atomic mass is 32.2. The maximum Gasteiger partial charge on any atom is 0.124 e. The molecule has 1 atom stereocenters. The van der Waals surface area contributed by atoms with Gasteiger partial charge in [-0.15, -0.1) is 47.0 Å². The maximum atomic E-state index is 6.44. The maximum absolute atomic E-state index is 6.44. The topological polar surface area (TPSA) is 18.5 Å². The Hall–Kier alpha value is 0.120. The number of hydrogen-bond donors (Lipinski definition) is 0. The van der Waals surface area contributed by atoms with Crippen molar-refractivity contribution in [2.24, 2.45) is 0 Å². The van der Waals surface area contributed by atoms with Crippen molar-refractivity contribution in [3.8, 4) is 0 Å². The summed E-state index contributed by atoms with van der Waals surface area (Å²) >= 11 is 8.46. The molecule has 4 rings (SSSR count). The van der Waals surface area contributed by atoms with Crippen LogP contribution in [0.25, 0.3) is 0 Å². The molecule has 3 aliphatic heterocycles. The normalized spacial score (nSPS) is 25.8. The zero-order valence-electron chi connectivity index (χ0n) is 15.6. The van der Waals surface area contributed by atoms with Crippen LogP contribution >= 0.6 is 47.0 Å². The quantitative estimate of drug-likeness (QED) is 0.534. The first-order valence-electron chi connectivity index (χ1n) is 9.82. The van der Waals surface area contributed by atoms with Gasteiger partial charge in [-0.3, -0.25) is 0 Å². The molecule has 1 aromatic rings. The molecule has 0 saturated carbocycles. The van der Waals surface area contributed by atoms with Crippen molar-refractivity contribution in [2.45, 2.75) is 47.1 Å². The molecule has 3 heterocycles. The number of ether oxygens (including phenoxy) is 2. The first-order valence-corrected chi connectivity index (χ1v) is 13.9. The first-order chi connectivity index (χ1) is 13.3. The summed E-state index contributed by atoms with van der Waals surface area (Å²) in [6, 6.07) is 10.4. The summed E-state index contributed by atoms with van der Waals surface area (Å²) in [5.74, 6) is 6.33. The van der Waals surface area contributed by atoms with Gasteiger partial charge in [0.25, 0.3) is 0 Å². The summed E-state index contributed by atoms with van der Waals surface area (Å²) in [5.41, 5.74) is 1.23. The molecule has 2 nitrogen and oxygen atoms in total. The fourth-order valence-corrected chi connectivity index (χ4v) is 9.78. The lowest BCUT2D eigenvalue weighted by Crippen LogP contribution is -2.37. The lowest BCUT2D eigenvalue weighted by Gasteiger charge is -2.41. The van der Waals surface area contributed by atoms with Crippen molar-refractivity contribution in [3.63, 3.8) is 0 Å². The first kappa shape index (κ1) is 20.4. The minimum Gasteiger partial charge on any atom is -0.492 e. The van der Waals surface area contributed by atoms with Gasteiger partial charge in [-0.05, 0) is 47.5 Å².